The summed E-state index contributed by atoms with van der Waals surface area (Å²) in [5, 5.41) is 3.33. The van der Waals surface area contributed by atoms with Crippen molar-refractivity contribution in [2.75, 3.05) is 0 Å². The Morgan fingerprint density at radius 1 is 1.62 bits per heavy atom. The van der Waals surface area contributed by atoms with Crippen molar-refractivity contribution in [3.05, 3.63) is 12.3 Å². The van der Waals surface area contributed by atoms with Crippen LogP contribution in [-0.2, 0) is 9.59 Å². The van der Waals surface area contributed by atoms with Gasteiger partial charge in [0.25, 0.3) is 5.88 Å². The number of carbonyl (C=O) groups excluding carboxylic acids is 2. The van der Waals surface area contributed by atoms with Crippen LogP contribution in [0, 0.1) is 0 Å². The van der Waals surface area contributed by atoms with Gasteiger partial charge in [0.2, 0.25) is 0 Å². The minimum absolute atomic E-state index is 0. The third kappa shape index (κ3) is 4.82. The Balaban J connectivity index is 0.00000144. The van der Waals surface area contributed by atoms with Crippen molar-refractivity contribution in [1.29, 1.82) is 0 Å². The van der Waals surface area contributed by atoms with Crippen LogP contribution >= 0.6 is 0 Å². The quantitative estimate of drug-likeness (QED) is 0.381. The molecular weight excluding hydrogens is 185 g/mol. The second-order valence-electron chi connectivity index (χ2n) is 2.19. The number of rotatable bonds is 3. The molecule has 0 aromatic carbocycles. The summed E-state index contributed by atoms with van der Waals surface area (Å²) in [5.74, 6) is -0.804. The van der Waals surface area contributed by atoms with Crippen molar-refractivity contribution >= 4 is 41.3 Å². The molecule has 0 bridgehead atoms. The van der Waals surface area contributed by atoms with E-state index in [2.05, 4.69) is 14.4 Å². The van der Waals surface area contributed by atoms with E-state index in [0.29, 0.717) is 0 Å². The first kappa shape index (κ1) is 12.3. The summed E-state index contributed by atoms with van der Waals surface area (Å²) in [4.78, 5) is 21.2. The molecule has 5 nitrogen and oxygen atoms in total. The summed E-state index contributed by atoms with van der Waals surface area (Å²) in [6.07, 6.45) is 1.03. The molecule has 0 aliphatic carbocycles. The number of ether oxygens (including phenoxy) is 1. The van der Waals surface area contributed by atoms with Gasteiger partial charge in [-0.05, 0) is 12.1 Å². The van der Waals surface area contributed by atoms with Crippen LogP contribution in [-0.4, -0.2) is 46.5 Å². The summed E-state index contributed by atoms with van der Waals surface area (Å²) >= 11 is 0. The number of aromatic nitrogens is 1. The molecule has 0 aliphatic heterocycles. The molecule has 0 fully saturated rings. The number of esters is 1. The Morgan fingerprint density at radius 2 is 2.31 bits per heavy atom. The van der Waals surface area contributed by atoms with E-state index in [1.54, 1.807) is 0 Å². The van der Waals surface area contributed by atoms with E-state index in [4.69, 9.17) is 0 Å². The average molecular weight is 193 g/mol. The standard InChI is InChI=1S/C7H7NO4.Na.H/c1-5(9)4-7(10)12-6-2-3-11-8-6;;/h2-3H,4H2,1H3;;. The van der Waals surface area contributed by atoms with E-state index in [1.807, 2.05) is 0 Å². The van der Waals surface area contributed by atoms with Crippen LogP contribution in [0.4, 0.5) is 0 Å². The van der Waals surface area contributed by atoms with Gasteiger partial charge in [0.05, 0.1) is 0 Å². The van der Waals surface area contributed by atoms with Gasteiger partial charge >= 0.3 is 35.5 Å². The molecule has 13 heavy (non-hydrogen) atoms. The molecule has 0 saturated heterocycles. The SMILES string of the molecule is CC(=O)CC(=O)Oc1ccon1.[NaH]. The van der Waals surface area contributed by atoms with Crippen LogP contribution in [0.25, 0.3) is 0 Å². The van der Waals surface area contributed by atoms with Crippen molar-refractivity contribution in [1.82, 2.24) is 5.16 Å². The Bertz CT molecular complexity index is 283. The first-order valence-corrected chi connectivity index (χ1v) is 3.29. The Hall–Kier alpha value is -0.650. The predicted molar refractivity (Wildman–Crippen MR) is 44.6 cm³/mol. The number of hydrogen-bond acceptors (Lipinski definition) is 5. The molecule has 1 aromatic rings. The van der Waals surface area contributed by atoms with E-state index in [1.165, 1.54) is 19.3 Å². The molecule has 1 rings (SSSR count). The van der Waals surface area contributed by atoms with Gasteiger partial charge in [-0.2, -0.15) is 0 Å². The zero-order valence-electron chi connectivity index (χ0n) is 6.44. The summed E-state index contributed by atoms with van der Waals surface area (Å²) in [5.41, 5.74) is 0. The fourth-order valence-corrected chi connectivity index (χ4v) is 0.610. The molecule has 1 heterocycles. The molecule has 0 atom stereocenters. The van der Waals surface area contributed by atoms with E-state index in [-0.39, 0.29) is 47.6 Å². The molecule has 1 aromatic heterocycles. The van der Waals surface area contributed by atoms with Crippen LogP contribution in [0.2, 0.25) is 0 Å². The van der Waals surface area contributed by atoms with E-state index in [0.717, 1.165) is 0 Å². The number of Topliss-reactive ketones (excluding diaryl/α,β-unsaturated/α-hetero) is 1. The predicted octanol–water partition coefficient (Wildman–Crippen LogP) is -0.0894. The van der Waals surface area contributed by atoms with Gasteiger partial charge in [-0.25, -0.2) is 0 Å². The second kappa shape index (κ2) is 5.90. The molecule has 0 radical (unpaired) electrons. The van der Waals surface area contributed by atoms with Gasteiger partial charge in [0.15, 0.2) is 0 Å². The van der Waals surface area contributed by atoms with E-state index < -0.39 is 5.97 Å². The minimum atomic E-state index is -0.628. The summed E-state index contributed by atoms with van der Waals surface area (Å²) in [7, 11) is 0. The van der Waals surface area contributed by atoms with Gasteiger partial charge < -0.3 is 9.26 Å². The Morgan fingerprint density at radius 3 is 2.77 bits per heavy atom. The van der Waals surface area contributed by atoms with Gasteiger partial charge in [-0.1, -0.05) is 0 Å². The van der Waals surface area contributed by atoms with Crippen molar-refractivity contribution in [2.24, 2.45) is 0 Å². The van der Waals surface area contributed by atoms with Crippen LogP contribution in [0.15, 0.2) is 16.9 Å². The van der Waals surface area contributed by atoms with Crippen LogP contribution in [0.1, 0.15) is 13.3 Å². The normalized spacial score (nSPS) is 8.69. The maximum absolute atomic E-state index is 10.8. The van der Waals surface area contributed by atoms with Gasteiger partial charge in [0.1, 0.15) is 18.5 Å². The number of ketones is 1. The Kier molecular flexibility index (Phi) is 5.61. The zero-order chi connectivity index (χ0) is 8.97. The summed E-state index contributed by atoms with van der Waals surface area (Å²) in [6.45, 7) is 1.31. The first-order chi connectivity index (χ1) is 5.68. The fourth-order valence-electron chi connectivity index (χ4n) is 0.610. The monoisotopic (exact) mass is 193 g/mol. The summed E-state index contributed by atoms with van der Waals surface area (Å²) < 4.78 is 9.01. The Labute approximate surface area is 96.7 Å². The van der Waals surface area contributed by atoms with Gasteiger partial charge in [-0.3, -0.25) is 9.59 Å². The number of carbonyl (C=O) groups is 2. The topological polar surface area (TPSA) is 69.4 Å². The van der Waals surface area contributed by atoms with Crippen LogP contribution in [0.5, 0.6) is 5.88 Å². The van der Waals surface area contributed by atoms with Crippen LogP contribution in [0.3, 0.4) is 0 Å². The molecule has 0 N–H and O–H groups in total. The van der Waals surface area contributed by atoms with Crippen molar-refractivity contribution in [3.63, 3.8) is 0 Å². The molecule has 6 heteroatoms. The molecule has 0 saturated carbocycles. The van der Waals surface area contributed by atoms with Crippen molar-refractivity contribution in [3.8, 4) is 5.88 Å². The van der Waals surface area contributed by atoms with E-state index >= 15 is 0 Å². The molecule has 0 amide bonds. The molecule has 0 unspecified atom stereocenters. The molecule has 0 aliphatic rings. The third-order valence-electron chi connectivity index (χ3n) is 1.03. The fraction of sp³-hybridized carbons (Fsp3) is 0.286. The molecular formula is C7H8NNaO4. The molecule has 66 valence electrons. The maximum atomic E-state index is 10.8. The van der Waals surface area contributed by atoms with Gasteiger partial charge in [-0.15, -0.1) is 0 Å². The summed E-state index contributed by atoms with van der Waals surface area (Å²) in [6, 6.07) is 1.39. The van der Waals surface area contributed by atoms with E-state index in [9.17, 15) is 9.59 Å². The van der Waals surface area contributed by atoms with Gasteiger partial charge in [0, 0.05) is 6.07 Å². The number of hydrogen-bond donors (Lipinski definition) is 0. The molecule has 0 spiro atoms. The van der Waals surface area contributed by atoms with Crippen LogP contribution < -0.4 is 4.74 Å². The number of nitrogens with zero attached hydrogens (tertiary/aromatic N) is 1. The van der Waals surface area contributed by atoms with Crippen molar-refractivity contribution < 1.29 is 18.8 Å². The first-order valence-electron chi connectivity index (χ1n) is 3.29. The second-order valence-corrected chi connectivity index (χ2v) is 2.19. The third-order valence-corrected chi connectivity index (χ3v) is 1.03. The zero-order valence-corrected chi connectivity index (χ0v) is 6.44. The average Bonchev–Trinajstić information content (AvgIpc) is 2.37. The van der Waals surface area contributed by atoms with Crippen molar-refractivity contribution in [2.45, 2.75) is 13.3 Å².